The van der Waals surface area contributed by atoms with E-state index in [1.807, 2.05) is 0 Å². The molecule has 5 nitrogen and oxygen atoms in total. The average Bonchev–Trinajstić information content (AvgIpc) is 2.64. The zero-order valence-electron chi connectivity index (χ0n) is 10.6. The van der Waals surface area contributed by atoms with Gasteiger partial charge in [-0.05, 0) is 12.8 Å². The number of rotatable bonds is 3. The number of nitrogens with zero attached hydrogens (tertiary/aromatic N) is 2. The maximum absolute atomic E-state index is 11.4. The van der Waals surface area contributed by atoms with E-state index in [1.54, 1.807) is 4.31 Å². The van der Waals surface area contributed by atoms with E-state index in [0.29, 0.717) is 13.1 Å². The predicted octanol–water partition coefficient (Wildman–Crippen LogP) is -0.165. The van der Waals surface area contributed by atoms with Crippen molar-refractivity contribution in [2.45, 2.75) is 31.2 Å². The molecule has 1 saturated carbocycles. The van der Waals surface area contributed by atoms with Gasteiger partial charge >= 0.3 is 0 Å². The van der Waals surface area contributed by atoms with Crippen LogP contribution in [-0.2, 0) is 10.0 Å². The van der Waals surface area contributed by atoms with Crippen LogP contribution in [0.15, 0.2) is 0 Å². The van der Waals surface area contributed by atoms with Crippen molar-refractivity contribution in [1.29, 1.82) is 0 Å². The van der Waals surface area contributed by atoms with Gasteiger partial charge in [-0.25, -0.2) is 8.42 Å². The van der Waals surface area contributed by atoms with Crippen molar-refractivity contribution in [3.8, 4) is 0 Å². The zero-order valence-corrected chi connectivity index (χ0v) is 11.4. The lowest BCUT2D eigenvalue weighted by molar-refractivity contribution is 0.153. The zero-order chi connectivity index (χ0) is 12.5. The van der Waals surface area contributed by atoms with E-state index >= 15 is 0 Å². The molecule has 0 radical (unpaired) electrons. The van der Waals surface area contributed by atoms with Crippen molar-refractivity contribution in [2.24, 2.45) is 5.73 Å². The van der Waals surface area contributed by atoms with Gasteiger partial charge in [-0.15, -0.1) is 0 Å². The summed E-state index contributed by atoms with van der Waals surface area (Å²) in [6, 6.07) is 0. The quantitative estimate of drug-likeness (QED) is 0.766. The van der Waals surface area contributed by atoms with E-state index in [4.69, 9.17) is 5.73 Å². The summed E-state index contributed by atoms with van der Waals surface area (Å²) in [5, 5.41) is 0. The molecule has 2 rings (SSSR count). The normalized spacial score (nSPS) is 27.4. The molecule has 0 atom stereocenters. The molecule has 0 spiro atoms. The van der Waals surface area contributed by atoms with Gasteiger partial charge in [-0.3, -0.25) is 4.90 Å². The summed E-state index contributed by atoms with van der Waals surface area (Å²) in [5.41, 5.74) is 6.32. The van der Waals surface area contributed by atoms with Crippen LogP contribution in [0.2, 0.25) is 0 Å². The lowest BCUT2D eigenvalue weighted by atomic mass is 9.98. The Bertz CT molecular complexity index is 355. The Morgan fingerprint density at radius 3 is 2.12 bits per heavy atom. The molecule has 0 unspecified atom stereocenters. The first-order chi connectivity index (χ1) is 7.89. The molecule has 100 valence electrons. The summed E-state index contributed by atoms with van der Waals surface area (Å²) in [4.78, 5) is 2.31. The van der Waals surface area contributed by atoms with Gasteiger partial charge in [0, 0.05) is 38.3 Å². The Kier molecular flexibility index (Phi) is 3.77. The summed E-state index contributed by atoms with van der Waals surface area (Å²) in [7, 11) is -3.02. The second kappa shape index (κ2) is 4.84. The second-order valence-electron chi connectivity index (χ2n) is 5.51. The monoisotopic (exact) mass is 261 g/mol. The third kappa shape index (κ3) is 3.40. The molecular weight excluding hydrogens is 238 g/mol. The van der Waals surface area contributed by atoms with Crippen LogP contribution in [0.25, 0.3) is 0 Å². The first-order valence-electron chi connectivity index (χ1n) is 6.35. The third-order valence-electron chi connectivity index (χ3n) is 3.94. The van der Waals surface area contributed by atoms with Gasteiger partial charge in [0.2, 0.25) is 10.0 Å². The first-order valence-corrected chi connectivity index (χ1v) is 8.20. The summed E-state index contributed by atoms with van der Waals surface area (Å²) < 4.78 is 24.3. The largest absolute Gasteiger partial charge is 0.324 e. The van der Waals surface area contributed by atoms with Crippen LogP contribution in [0.1, 0.15) is 25.7 Å². The van der Waals surface area contributed by atoms with Crippen LogP contribution in [0, 0.1) is 0 Å². The number of piperazine rings is 1. The SMILES string of the molecule is CS(=O)(=O)N1CCN(CC2(N)CCCC2)CC1. The Morgan fingerprint density at radius 1 is 1.12 bits per heavy atom. The molecule has 17 heavy (non-hydrogen) atoms. The number of nitrogens with two attached hydrogens (primary N) is 1. The summed E-state index contributed by atoms with van der Waals surface area (Å²) in [6.45, 7) is 3.76. The maximum atomic E-state index is 11.4. The molecule has 6 heteroatoms. The minimum Gasteiger partial charge on any atom is -0.324 e. The Hall–Kier alpha value is -0.170. The van der Waals surface area contributed by atoms with E-state index in [9.17, 15) is 8.42 Å². The van der Waals surface area contributed by atoms with Crippen LogP contribution in [-0.4, -0.2) is 62.1 Å². The summed E-state index contributed by atoms with van der Waals surface area (Å²) in [5.74, 6) is 0. The van der Waals surface area contributed by atoms with Gasteiger partial charge < -0.3 is 5.73 Å². The Balaban J connectivity index is 1.83. The summed E-state index contributed by atoms with van der Waals surface area (Å²) in [6.07, 6.45) is 5.97. The van der Waals surface area contributed by atoms with Gasteiger partial charge in [0.25, 0.3) is 0 Å². The molecule has 1 saturated heterocycles. The number of hydrogen-bond acceptors (Lipinski definition) is 4. The van der Waals surface area contributed by atoms with Crippen LogP contribution < -0.4 is 5.73 Å². The van der Waals surface area contributed by atoms with Crippen molar-refractivity contribution in [3.05, 3.63) is 0 Å². The fourth-order valence-electron chi connectivity index (χ4n) is 2.90. The van der Waals surface area contributed by atoms with Gasteiger partial charge in [0.05, 0.1) is 6.26 Å². The van der Waals surface area contributed by atoms with Crippen molar-refractivity contribution in [3.63, 3.8) is 0 Å². The Morgan fingerprint density at radius 2 is 1.65 bits per heavy atom. The first kappa shape index (κ1) is 13.3. The highest BCUT2D eigenvalue weighted by molar-refractivity contribution is 7.88. The molecule has 1 aliphatic carbocycles. The molecule has 0 aromatic heterocycles. The minimum absolute atomic E-state index is 0.0206. The highest BCUT2D eigenvalue weighted by atomic mass is 32.2. The van der Waals surface area contributed by atoms with Crippen LogP contribution >= 0.6 is 0 Å². The second-order valence-corrected chi connectivity index (χ2v) is 7.49. The maximum Gasteiger partial charge on any atom is 0.211 e. The van der Waals surface area contributed by atoms with Gasteiger partial charge in [-0.1, -0.05) is 12.8 Å². The lowest BCUT2D eigenvalue weighted by Crippen LogP contribution is -2.55. The van der Waals surface area contributed by atoms with Crippen LogP contribution in [0.5, 0.6) is 0 Å². The van der Waals surface area contributed by atoms with Crippen LogP contribution in [0.3, 0.4) is 0 Å². The molecular formula is C11H23N3O2S. The van der Waals surface area contributed by atoms with Crippen molar-refractivity contribution in [1.82, 2.24) is 9.21 Å². The molecule has 2 fully saturated rings. The molecule has 0 bridgehead atoms. The third-order valence-corrected chi connectivity index (χ3v) is 5.24. The molecule has 0 aromatic carbocycles. The minimum atomic E-state index is -3.02. The predicted molar refractivity (Wildman–Crippen MR) is 68.2 cm³/mol. The molecule has 1 aliphatic heterocycles. The van der Waals surface area contributed by atoms with E-state index in [-0.39, 0.29) is 5.54 Å². The lowest BCUT2D eigenvalue weighted by Gasteiger charge is -2.37. The van der Waals surface area contributed by atoms with Gasteiger partial charge in [0.15, 0.2) is 0 Å². The fraction of sp³-hybridized carbons (Fsp3) is 1.00. The topological polar surface area (TPSA) is 66.6 Å². The molecule has 0 amide bonds. The van der Waals surface area contributed by atoms with Crippen molar-refractivity contribution >= 4 is 10.0 Å². The fourth-order valence-corrected chi connectivity index (χ4v) is 3.73. The van der Waals surface area contributed by atoms with Crippen molar-refractivity contribution < 1.29 is 8.42 Å². The molecule has 1 heterocycles. The number of sulfonamides is 1. The highest BCUT2D eigenvalue weighted by Gasteiger charge is 2.33. The van der Waals surface area contributed by atoms with E-state index < -0.39 is 10.0 Å². The molecule has 2 N–H and O–H groups in total. The number of hydrogen-bond donors (Lipinski definition) is 1. The van der Waals surface area contributed by atoms with Crippen LogP contribution in [0.4, 0.5) is 0 Å². The van der Waals surface area contributed by atoms with E-state index in [2.05, 4.69) is 4.90 Å². The average molecular weight is 261 g/mol. The highest BCUT2D eigenvalue weighted by Crippen LogP contribution is 2.28. The van der Waals surface area contributed by atoms with Crippen molar-refractivity contribution in [2.75, 3.05) is 39.0 Å². The summed E-state index contributed by atoms with van der Waals surface area (Å²) >= 11 is 0. The van der Waals surface area contributed by atoms with Gasteiger partial charge in [-0.2, -0.15) is 4.31 Å². The molecule has 0 aromatic rings. The smallest absolute Gasteiger partial charge is 0.211 e. The molecule has 2 aliphatic rings. The standard InChI is InChI=1S/C11H23N3O2S/c1-17(15,16)14-8-6-13(7-9-14)10-11(12)4-2-3-5-11/h2-10,12H2,1H3. The Labute approximate surface area is 104 Å². The van der Waals surface area contributed by atoms with Gasteiger partial charge in [0.1, 0.15) is 0 Å². The van der Waals surface area contributed by atoms with E-state index in [1.165, 1.54) is 19.1 Å². The van der Waals surface area contributed by atoms with E-state index in [0.717, 1.165) is 32.5 Å².